The minimum atomic E-state index is 0.632. The second-order valence-corrected chi connectivity index (χ2v) is 5.63. The Morgan fingerprint density at radius 3 is 2.73 bits per heavy atom. The standard InChI is InChI=1S/C11H15ClN2S/c12-10-6-8(13)7-14-11(10)15-9-4-2-1-3-5-9/h6-7,9H,1-5,13H2. The van der Waals surface area contributed by atoms with Crippen molar-refractivity contribution in [2.75, 3.05) is 5.73 Å². The smallest absolute Gasteiger partial charge is 0.115 e. The van der Waals surface area contributed by atoms with Crippen molar-refractivity contribution in [2.24, 2.45) is 0 Å². The number of nitrogens with zero attached hydrogens (tertiary/aromatic N) is 1. The molecule has 2 N–H and O–H groups in total. The lowest BCUT2D eigenvalue weighted by atomic mass is 10.0. The van der Waals surface area contributed by atoms with E-state index >= 15 is 0 Å². The van der Waals surface area contributed by atoms with E-state index in [-0.39, 0.29) is 0 Å². The molecule has 0 radical (unpaired) electrons. The summed E-state index contributed by atoms with van der Waals surface area (Å²) in [5.74, 6) is 0. The summed E-state index contributed by atoms with van der Waals surface area (Å²) in [6.07, 6.45) is 8.30. The van der Waals surface area contributed by atoms with Gasteiger partial charge in [-0.25, -0.2) is 4.98 Å². The van der Waals surface area contributed by atoms with Crippen molar-refractivity contribution in [1.82, 2.24) is 4.98 Å². The van der Waals surface area contributed by atoms with Gasteiger partial charge < -0.3 is 5.73 Å². The van der Waals surface area contributed by atoms with Crippen LogP contribution in [0.3, 0.4) is 0 Å². The van der Waals surface area contributed by atoms with Gasteiger partial charge in [-0.15, -0.1) is 11.8 Å². The number of thioether (sulfide) groups is 1. The molecule has 0 amide bonds. The molecule has 0 spiro atoms. The van der Waals surface area contributed by atoms with Crippen LogP contribution in [0.1, 0.15) is 32.1 Å². The third kappa shape index (κ3) is 3.02. The number of hydrogen-bond donors (Lipinski definition) is 1. The van der Waals surface area contributed by atoms with Gasteiger partial charge in [0.2, 0.25) is 0 Å². The second kappa shape index (κ2) is 5.08. The Kier molecular flexibility index (Phi) is 3.76. The fourth-order valence-corrected chi connectivity index (χ4v) is 3.35. The van der Waals surface area contributed by atoms with Crippen molar-refractivity contribution in [2.45, 2.75) is 42.4 Å². The second-order valence-electron chi connectivity index (χ2n) is 3.93. The van der Waals surface area contributed by atoms with E-state index in [1.54, 1.807) is 24.0 Å². The van der Waals surface area contributed by atoms with Crippen LogP contribution in [0.25, 0.3) is 0 Å². The molecule has 82 valence electrons. The van der Waals surface area contributed by atoms with E-state index in [4.69, 9.17) is 17.3 Å². The first-order chi connectivity index (χ1) is 7.25. The highest BCUT2D eigenvalue weighted by atomic mass is 35.5. The molecule has 1 aliphatic carbocycles. The van der Waals surface area contributed by atoms with Gasteiger partial charge in [0, 0.05) is 5.25 Å². The molecule has 15 heavy (non-hydrogen) atoms. The molecule has 0 atom stereocenters. The molecule has 0 aliphatic heterocycles. The summed E-state index contributed by atoms with van der Waals surface area (Å²) in [5.41, 5.74) is 6.24. The molecule has 2 nitrogen and oxygen atoms in total. The molecule has 0 bridgehead atoms. The summed E-state index contributed by atoms with van der Waals surface area (Å²) in [7, 11) is 0. The molecule has 2 rings (SSSR count). The van der Waals surface area contributed by atoms with Gasteiger partial charge in [0.25, 0.3) is 0 Å². The van der Waals surface area contributed by atoms with Gasteiger partial charge in [-0.1, -0.05) is 30.9 Å². The predicted molar refractivity (Wildman–Crippen MR) is 66.4 cm³/mol. The Morgan fingerprint density at radius 1 is 1.33 bits per heavy atom. The van der Waals surface area contributed by atoms with Gasteiger partial charge in [-0.05, 0) is 18.9 Å². The van der Waals surface area contributed by atoms with Crippen LogP contribution in [0.15, 0.2) is 17.3 Å². The molecule has 1 aromatic heterocycles. The minimum Gasteiger partial charge on any atom is -0.397 e. The molecule has 1 aromatic rings. The van der Waals surface area contributed by atoms with Crippen LogP contribution in [0.5, 0.6) is 0 Å². The van der Waals surface area contributed by atoms with Crippen LogP contribution in [0, 0.1) is 0 Å². The van der Waals surface area contributed by atoms with Crippen molar-refractivity contribution < 1.29 is 0 Å². The van der Waals surface area contributed by atoms with E-state index in [0.29, 0.717) is 16.0 Å². The molecular weight excluding hydrogens is 228 g/mol. The fraction of sp³-hybridized carbons (Fsp3) is 0.545. The Labute approximate surface area is 99.6 Å². The molecule has 0 saturated heterocycles. The average molecular weight is 243 g/mol. The monoisotopic (exact) mass is 242 g/mol. The van der Waals surface area contributed by atoms with Gasteiger partial charge in [-0.3, -0.25) is 0 Å². The van der Waals surface area contributed by atoms with Gasteiger partial charge in [0.15, 0.2) is 0 Å². The van der Waals surface area contributed by atoms with Crippen LogP contribution in [-0.4, -0.2) is 10.2 Å². The fourth-order valence-electron chi connectivity index (χ4n) is 1.87. The van der Waals surface area contributed by atoms with Crippen molar-refractivity contribution in [3.63, 3.8) is 0 Å². The minimum absolute atomic E-state index is 0.632. The van der Waals surface area contributed by atoms with Crippen LogP contribution >= 0.6 is 23.4 Å². The largest absolute Gasteiger partial charge is 0.397 e. The predicted octanol–water partition coefficient (Wildman–Crippen LogP) is 3.74. The van der Waals surface area contributed by atoms with Crippen molar-refractivity contribution >= 4 is 29.1 Å². The summed E-state index contributed by atoms with van der Waals surface area (Å²) >= 11 is 7.89. The summed E-state index contributed by atoms with van der Waals surface area (Å²) in [5, 5.41) is 2.30. The number of hydrogen-bond acceptors (Lipinski definition) is 3. The highest BCUT2D eigenvalue weighted by Crippen LogP contribution is 2.36. The zero-order chi connectivity index (χ0) is 10.7. The van der Waals surface area contributed by atoms with E-state index in [1.165, 1.54) is 32.1 Å². The summed E-state index contributed by atoms with van der Waals surface area (Å²) in [6.45, 7) is 0. The molecule has 1 heterocycles. The summed E-state index contributed by atoms with van der Waals surface area (Å²) in [6, 6.07) is 1.78. The number of anilines is 1. The van der Waals surface area contributed by atoms with E-state index in [2.05, 4.69) is 4.98 Å². The van der Waals surface area contributed by atoms with Gasteiger partial charge >= 0.3 is 0 Å². The topological polar surface area (TPSA) is 38.9 Å². The quantitative estimate of drug-likeness (QED) is 0.859. The maximum absolute atomic E-state index is 6.09. The van der Waals surface area contributed by atoms with Crippen molar-refractivity contribution in [3.05, 3.63) is 17.3 Å². The van der Waals surface area contributed by atoms with Crippen LogP contribution < -0.4 is 5.73 Å². The normalized spacial score (nSPS) is 17.9. The molecule has 1 saturated carbocycles. The Morgan fingerprint density at radius 2 is 2.07 bits per heavy atom. The molecule has 4 heteroatoms. The highest BCUT2D eigenvalue weighted by Gasteiger charge is 2.16. The highest BCUT2D eigenvalue weighted by molar-refractivity contribution is 8.00. The number of nitrogens with two attached hydrogens (primary N) is 1. The van der Waals surface area contributed by atoms with E-state index in [1.807, 2.05) is 0 Å². The average Bonchev–Trinajstić information content (AvgIpc) is 2.24. The van der Waals surface area contributed by atoms with E-state index < -0.39 is 0 Å². The van der Waals surface area contributed by atoms with E-state index in [0.717, 1.165) is 5.03 Å². The first kappa shape index (κ1) is 11.1. The Hall–Kier alpha value is -0.410. The third-order valence-corrected chi connectivity index (χ3v) is 4.41. The lowest BCUT2D eigenvalue weighted by Crippen LogP contribution is -2.08. The summed E-state index contributed by atoms with van der Waals surface area (Å²) in [4.78, 5) is 4.28. The van der Waals surface area contributed by atoms with Crippen molar-refractivity contribution in [1.29, 1.82) is 0 Å². The van der Waals surface area contributed by atoms with Crippen LogP contribution in [0.2, 0.25) is 5.02 Å². The number of rotatable bonds is 2. The first-order valence-corrected chi connectivity index (χ1v) is 6.59. The Bertz CT molecular complexity index is 337. The van der Waals surface area contributed by atoms with Crippen molar-refractivity contribution in [3.8, 4) is 0 Å². The van der Waals surface area contributed by atoms with Gasteiger partial charge in [0.05, 0.1) is 16.9 Å². The zero-order valence-electron chi connectivity index (χ0n) is 8.58. The van der Waals surface area contributed by atoms with E-state index in [9.17, 15) is 0 Å². The number of aromatic nitrogens is 1. The van der Waals surface area contributed by atoms with Crippen LogP contribution in [-0.2, 0) is 0 Å². The molecule has 1 fully saturated rings. The lowest BCUT2D eigenvalue weighted by Gasteiger charge is -2.20. The van der Waals surface area contributed by atoms with Gasteiger partial charge in [-0.2, -0.15) is 0 Å². The zero-order valence-corrected chi connectivity index (χ0v) is 10.2. The first-order valence-electron chi connectivity index (χ1n) is 5.33. The maximum Gasteiger partial charge on any atom is 0.115 e. The van der Waals surface area contributed by atoms with Gasteiger partial charge in [0.1, 0.15) is 5.03 Å². The van der Waals surface area contributed by atoms with Crippen LogP contribution in [0.4, 0.5) is 5.69 Å². The molecule has 0 aromatic carbocycles. The number of halogens is 1. The lowest BCUT2D eigenvalue weighted by molar-refractivity contribution is 0.516. The number of nitrogen functional groups attached to an aromatic ring is 1. The Balaban J connectivity index is 2.03. The third-order valence-electron chi connectivity index (χ3n) is 2.66. The SMILES string of the molecule is Nc1cnc(SC2CCCCC2)c(Cl)c1. The molecular formula is C11H15ClN2S. The summed E-state index contributed by atoms with van der Waals surface area (Å²) < 4.78 is 0. The molecule has 0 unspecified atom stereocenters. The number of pyridine rings is 1. The molecule has 1 aliphatic rings. The maximum atomic E-state index is 6.09.